The van der Waals surface area contributed by atoms with Gasteiger partial charge in [0.15, 0.2) is 0 Å². The molecule has 0 aliphatic rings. The monoisotopic (exact) mass is 324 g/mol. The first-order chi connectivity index (χ1) is 9.92. The Bertz CT molecular complexity index is 694. The number of rotatable bonds is 6. The number of hydrogen-bond donors (Lipinski definition) is 2. The molecular weight excluding hydrogens is 304 g/mol. The van der Waals surface area contributed by atoms with Crippen LogP contribution in [0.4, 0.5) is 0 Å². The number of aryl methyl sites for hydroxylation is 1. The minimum Gasteiger partial charge on any atom is -0.326 e. The Morgan fingerprint density at radius 1 is 1.33 bits per heavy atom. The first-order valence-electron chi connectivity index (χ1n) is 6.75. The molecule has 4 nitrogen and oxygen atoms in total. The van der Waals surface area contributed by atoms with Gasteiger partial charge in [-0.2, -0.15) is 11.3 Å². The molecule has 1 aromatic carbocycles. The predicted octanol–water partition coefficient (Wildman–Crippen LogP) is 2.42. The lowest BCUT2D eigenvalue weighted by molar-refractivity contribution is 0.560. The molecule has 0 saturated carbocycles. The van der Waals surface area contributed by atoms with E-state index in [-0.39, 0.29) is 10.9 Å². The SMILES string of the molecule is Cc1ccc(S(=O)(=O)NC(C)Cc2ccsc2)cc1CN. The van der Waals surface area contributed by atoms with Crippen molar-refractivity contribution in [1.82, 2.24) is 4.72 Å². The minimum absolute atomic E-state index is 0.160. The van der Waals surface area contributed by atoms with Gasteiger partial charge >= 0.3 is 0 Å². The molecule has 3 N–H and O–H groups in total. The molecule has 0 bridgehead atoms. The van der Waals surface area contributed by atoms with E-state index in [2.05, 4.69) is 4.72 Å². The fourth-order valence-corrected chi connectivity index (χ4v) is 4.15. The van der Waals surface area contributed by atoms with Crippen molar-refractivity contribution >= 4 is 21.4 Å². The fourth-order valence-electron chi connectivity index (χ4n) is 2.17. The van der Waals surface area contributed by atoms with Crippen molar-refractivity contribution in [2.24, 2.45) is 5.73 Å². The van der Waals surface area contributed by atoms with Gasteiger partial charge in [0.2, 0.25) is 10.0 Å². The molecule has 2 rings (SSSR count). The van der Waals surface area contributed by atoms with Gasteiger partial charge in [-0.25, -0.2) is 13.1 Å². The third-order valence-electron chi connectivity index (χ3n) is 3.33. The Morgan fingerprint density at radius 2 is 2.10 bits per heavy atom. The third-order valence-corrected chi connectivity index (χ3v) is 5.65. The van der Waals surface area contributed by atoms with Crippen LogP contribution in [0.25, 0.3) is 0 Å². The summed E-state index contributed by atoms with van der Waals surface area (Å²) >= 11 is 1.61. The van der Waals surface area contributed by atoms with E-state index in [4.69, 9.17) is 5.73 Å². The second-order valence-corrected chi connectivity index (χ2v) is 7.64. The van der Waals surface area contributed by atoms with E-state index in [0.717, 1.165) is 16.7 Å². The highest BCUT2D eigenvalue weighted by atomic mass is 32.2. The zero-order valence-electron chi connectivity index (χ0n) is 12.2. The zero-order valence-corrected chi connectivity index (χ0v) is 13.8. The summed E-state index contributed by atoms with van der Waals surface area (Å²) in [5.74, 6) is 0. The molecule has 0 radical (unpaired) electrons. The van der Waals surface area contributed by atoms with Crippen LogP contribution in [0.3, 0.4) is 0 Å². The number of benzene rings is 1. The molecule has 0 aliphatic carbocycles. The van der Waals surface area contributed by atoms with Gasteiger partial charge in [0, 0.05) is 12.6 Å². The average molecular weight is 324 g/mol. The number of hydrogen-bond acceptors (Lipinski definition) is 4. The molecule has 0 fully saturated rings. The van der Waals surface area contributed by atoms with Crippen molar-refractivity contribution in [3.63, 3.8) is 0 Å². The van der Waals surface area contributed by atoms with Gasteiger partial charge in [0.1, 0.15) is 0 Å². The topological polar surface area (TPSA) is 72.2 Å². The summed E-state index contributed by atoms with van der Waals surface area (Å²) in [4.78, 5) is 0.269. The lowest BCUT2D eigenvalue weighted by Gasteiger charge is -2.14. The summed E-state index contributed by atoms with van der Waals surface area (Å²) in [5, 5.41) is 4.02. The molecule has 1 atom stereocenters. The normalized spacial score (nSPS) is 13.3. The standard InChI is InChI=1S/C15H20N2O2S2/c1-11-3-4-15(8-14(11)9-16)21(18,19)17-12(2)7-13-5-6-20-10-13/h3-6,8,10,12,17H,7,9,16H2,1-2H3. The van der Waals surface area contributed by atoms with E-state index in [1.54, 1.807) is 29.5 Å². The molecule has 1 aromatic heterocycles. The van der Waals surface area contributed by atoms with Gasteiger partial charge in [0.05, 0.1) is 4.90 Å². The lowest BCUT2D eigenvalue weighted by Crippen LogP contribution is -2.34. The van der Waals surface area contributed by atoms with E-state index >= 15 is 0 Å². The molecular formula is C15H20N2O2S2. The van der Waals surface area contributed by atoms with Crippen LogP contribution in [0.5, 0.6) is 0 Å². The Kier molecular flexibility index (Phi) is 5.16. The number of nitrogens with one attached hydrogen (secondary N) is 1. The maximum atomic E-state index is 12.4. The molecule has 21 heavy (non-hydrogen) atoms. The van der Waals surface area contributed by atoms with Crippen molar-refractivity contribution in [3.8, 4) is 0 Å². The van der Waals surface area contributed by atoms with Crippen LogP contribution in [0.2, 0.25) is 0 Å². The fraction of sp³-hybridized carbons (Fsp3) is 0.333. The zero-order chi connectivity index (χ0) is 15.5. The van der Waals surface area contributed by atoms with Crippen molar-refractivity contribution in [3.05, 3.63) is 51.7 Å². The molecule has 0 amide bonds. The Hall–Kier alpha value is -1.21. The van der Waals surface area contributed by atoms with Crippen molar-refractivity contribution < 1.29 is 8.42 Å². The van der Waals surface area contributed by atoms with Crippen molar-refractivity contribution in [2.45, 2.75) is 37.8 Å². The molecule has 6 heteroatoms. The van der Waals surface area contributed by atoms with Crippen LogP contribution in [-0.2, 0) is 23.0 Å². The van der Waals surface area contributed by atoms with Crippen LogP contribution in [0.15, 0.2) is 39.9 Å². The molecule has 1 unspecified atom stereocenters. The Morgan fingerprint density at radius 3 is 2.71 bits per heavy atom. The second-order valence-electron chi connectivity index (χ2n) is 5.15. The van der Waals surface area contributed by atoms with Crippen molar-refractivity contribution in [1.29, 1.82) is 0 Å². The molecule has 0 spiro atoms. The summed E-state index contributed by atoms with van der Waals surface area (Å²) in [6, 6.07) is 6.91. The first-order valence-corrected chi connectivity index (χ1v) is 9.18. The average Bonchev–Trinajstić information content (AvgIpc) is 2.91. The summed E-state index contributed by atoms with van der Waals surface area (Å²) in [6.45, 7) is 4.12. The van der Waals surface area contributed by atoms with Crippen LogP contribution < -0.4 is 10.5 Å². The number of nitrogens with two attached hydrogens (primary N) is 1. The minimum atomic E-state index is -3.51. The molecule has 1 heterocycles. The second kappa shape index (κ2) is 6.70. The largest absolute Gasteiger partial charge is 0.326 e. The molecule has 0 saturated heterocycles. The molecule has 2 aromatic rings. The molecule has 114 valence electrons. The van der Waals surface area contributed by atoms with Crippen LogP contribution >= 0.6 is 11.3 Å². The van der Waals surface area contributed by atoms with E-state index in [1.165, 1.54) is 0 Å². The number of sulfonamides is 1. The lowest BCUT2D eigenvalue weighted by atomic mass is 10.1. The maximum Gasteiger partial charge on any atom is 0.240 e. The van der Waals surface area contributed by atoms with Gasteiger partial charge in [-0.05, 0) is 65.9 Å². The first kappa shape index (κ1) is 16.2. The highest BCUT2D eigenvalue weighted by molar-refractivity contribution is 7.89. The van der Waals surface area contributed by atoms with Gasteiger partial charge in [0.25, 0.3) is 0 Å². The number of thiophene rings is 1. The van der Waals surface area contributed by atoms with Gasteiger partial charge in [-0.1, -0.05) is 6.07 Å². The van der Waals surface area contributed by atoms with Gasteiger partial charge in [-0.3, -0.25) is 0 Å². The van der Waals surface area contributed by atoms with Gasteiger partial charge in [-0.15, -0.1) is 0 Å². The third kappa shape index (κ3) is 4.14. The van der Waals surface area contributed by atoms with E-state index in [1.807, 2.05) is 30.7 Å². The quantitative estimate of drug-likeness (QED) is 0.857. The van der Waals surface area contributed by atoms with Gasteiger partial charge < -0.3 is 5.73 Å². The van der Waals surface area contributed by atoms with E-state index in [0.29, 0.717) is 13.0 Å². The predicted molar refractivity (Wildman–Crippen MR) is 86.9 cm³/mol. The van der Waals surface area contributed by atoms with E-state index in [9.17, 15) is 8.42 Å². The smallest absolute Gasteiger partial charge is 0.240 e. The summed E-state index contributed by atoms with van der Waals surface area (Å²) < 4.78 is 27.5. The Balaban J connectivity index is 2.14. The summed E-state index contributed by atoms with van der Waals surface area (Å²) in [6.07, 6.45) is 0.679. The van der Waals surface area contributed by atoms with Crippen LogP contribution in [-0.4, -0.2) is 14.5 Å². The maximum absolute atomic E-state index is 12.4. The van der Waals surface area contributed by atoms with E-state index < -0.39 is 10.0 Å². The highest BCUT2D eigenvalue weighted by Crippen LogP contribution is 2.16. The van der Waals surface area contributed by atoms with Crippen LogP contribution in [0.1, 0.15) is 23.6 Å². The Labute approximate surface area is 130 Å². The van der Waals surface area contributed by atoms with Crippen LogP contribution in [0, 0.1) is 6.92 Å². The molecule has 0 aliphatic heterocycles. The highest BCUT2D eigenvalue weighted by Gasteiger charge is 2.18. The summed E-state index contributed by atoms with van der Waals surface area (Å²) in [7, 11) is -3.51. The summed E-state index contributed by atoms with van der Waals surface area (Å²) in [5.41, 5.74) is 8.63. The van der Waals surface area contributed by atoms with Crippen molar-refractivity contribution in [2.75, 3.05) is 0 Å².